The molecule has 0 aliphatic heterocycles. The number of benzene rings is 1. The van der Waals surface area contributed by atoms with E-state index in [2.05, 4.69) is 17.6 Å². The van der Waals surface area contributed by atoms with Gasteiger partial charge in [-0.15, -0.1) is 0 Å². The van der Waals surface area contributed by atoms with Gasteiger partial charge in [-0.05, 0) is 50.7 Å². The fourth-order valence-corrected chi connectivity index (χ4v) is 2.37. The maximum absolute atomic E-state index is 12.3. The van der Waals surface area contributed by atoms with Gasteiger partial charge in [-0.2, -0.15) is 0 Å². The van der Waals surface area contributed by atoms with Crippen LogP contribution >= 0.6 is 0 Å². The molecular formula is C16H24N2O. The summed E-state index contributed by atoms with van der Waals surface area (Å²) in [6.07, 6.45) is 2.65. The molecule has 0 bridgehead atoms. The molecule has 1 aliphatic carbocycles. The van der Waals surface area contributed by atoms with E-state index in [1.807, 2.05) is 32.0 Å². The van der Waals surface area contributed by atoms with Crippen LogP contribution in [-0.2, 0) is 0 Å². The zero-order chi connectivity index (χ0) is 13.8. The van der Waals surface area contributed by atoms with Crippen molar-refractivity contribution in [1.29, 1.82) is 0 Å². The predicted octanol–water partition coefficient (Wildman–Crippen LogP) is 3.20. The summed E-state index contributed by atoms with van der Waals surface area (Å²) in [6.45, 7) is 7.88. The monoisotopic (exact) mass is 260 g/mol. The zero-order valence-electron chi connectivity index (χ0n) is 12.1. The van der Waals surface area contributed by atoms with Crippen LogP contribution in [0.25, 0.3) is 0 Å². The number of nitrogens with one attached hydrogen (secondary N) is 2. The van der Waals surface area contributed by atoms with Crippen LogP contribution in [0.1, 0.15) is 42.6 Å². The van der Waals surface area contributed by atoms with Gasteiger partial charge >= 0.3 is 0 Å². The van der Waals surface area contributed by atoms with Gasteiger partial charge in [0.25, 0.3) is 5.91 Å². The highest BCUT2D eigenvalue weighted by atomic mass is 16.1. The van der Waals surface area contributed by atoms with Crippen molar-refractivity contribution in [3.05, 3.63) is 29.3 Å². The fraction of sp³-hybridized carbons (Fsp3) is 0.562. The van der Waals surface area contributed by atoms with Crippen LogP contribution < -0.4 is 10.6 Å². The summed E-state index contributed by atoms with van der Waals surface area (Å²) in [4.78, 5) is 12.3. The number of carbonyl (C=O) groups excluding carboxylic acids is 1. The molecule has 1 aromatic carbocycles. The normalized spacial score (nSPS) is 15.9. The van der Waals surface area contributed by atoms with E-state index in [4.69, 9.17) is 0 Å². The minimum absolute atomic E-state index is 0.0344. The molecule has 104 valence electrons. The van der Waals surface area contributed by atoms with Crippen LogP contribution in [0.5, 0.6) is 0 Å². The van der Waals surface area contributed by atoms with Crippen molar-refractivity contribution in [3.63, 3.8) is 0 Å². The molecule has 19 heavy (non-hydrogen) atoms. The van der Waals surface area contributed by atoms with Crippen LogP contribution in [0.3, 0.4) is 0 Å². The van der Waals surface area contributed by atoms with Crippen LogP contribution in [0, 0.1) is 18.8 Å². The maximum Gasteiger partial charge on any atom is 0.253 e. The molecule has 1 aliphatic rings. The first kappa shape index (κ1) is 13.9. The maximum atomic E-state index is 12.3. The van der Waals surface area contributed by atoms with Gasteiger partial charge in [-0.3, -0.25) is 4.79 Å². The lowest BCUT2D eigenvalue weighted by molar-refractivity contribution is 0.0947. The van der Waals surface area contributed by atoms with Crippen LogP contribution in [0.2, 0.25) is 0 Å². The molecule has 0 heterocycles. The Morgan fingerprint density at radius 3 is 2.79 bits per heavy atom. The number of rotatable bonds is 6. The van der Waals surface area contributed by atoms with Gasteiger partial charge in [0.15, 0.2) is 0 Å². The Kier molecular flexibility index (Phi) is 4.46. The minimum atomic E-state index is 0.0344. The first-order chi connectivity index (χ1) is 9.11. The quantitative estimate of drug-likeness (QED) is 0.824. The van der Waals surface area contributed by atoms with Gasteiger partial charge in [0.05, 0.1) is 5.56 Å². The molecule has 0 radical (unpaired) electrons. The van der Waals surface area contributed by atoms with Crippen LogP contribution in [0.4, 0.5) is 5.69 Å². The molecule has 0 spiro atoms. The number of carbonyl (C=O) groups is 1. The predicted molar refractivity (Wildman–Crippen MR) is 79.6 cm³/mol. The molecule has 2 rings (SSSR count). The van der Waals surface area contributed by atoms with Gasteiger partial charge in [0.1, 0.15) is 0 Å². The Bertz CT molecular complexity index is 452. The van der Waals surface area contributed by atoms with Crippen LogP contribution in [-0.4, -0.2) is 19.0 Å². The average molecular weight is 260 g/mol. The Morgan fingerprint density at radius 1 is 1.42 bits per heavy atom. The molecule has 0 aromatic heterocycles. The number of hydrogen-bond donors (Lipinski definition) is 2. The molecule has 1 saturated carbocycles. The largest absolute Gasteiger partial charge is 0.385 e. The highest BCUT2D eigenvalue weighted by Gasteiger charge is 2.28. The molecule has 0 saturated heterocycles. The van der Waals surface area contributed by atoms with Crippen LogP contribution in [0.15, 0.2) is 18.2 Å². The molecule has 3 nitrogen and oxygen atoms in total. The van der Waals surface area contributed by atoms with E-state index in [-0.39, 0.29) is 5.91 Å². The molecular weight excluding hydrogens is 236 g/mol. The van der Waals surface area contributed by atoms with E-state index < -0.39 is 0 Å². The van der Waals surface area contributed by atoms with Crippen molar-refractivity contribution >= 4 is 11.6 Å². The van der Waals surface area contributed by atoms with Gasteiger partial charge < -0.3 is 10.6 Å². The van der Waals surface area contributed by atoms with Crippen molar-refractivity contribution < 1.29 is 4.79 Å². The molecule has 1 atom stereocenters. The lowest BCUT2D eigenvalue weighted by Crippen LogP contribution is -2.29. The fourth-order valence-electron chi connectivity index (χ4n) is 2.37. The first-order valence-corrected chi connectivity index (χ1v) is 7.24. The zero-order valence-corrected chi connectivity index (χ0v) is 12.1. The Balaban J connectivity index is 2.01. The van der Waals surface area contributed by atoms with E-state index in [0.717, 1.165) is 35.8 Å². The van der Waals surface area contributed by atoms with E-state index >= 15 is 0 Å². The van der Waals surface area contributed by atoms with Crippen molar-refractivity contribution in [3.8, 4) is 0 Å². The molecule has 2 N–H and O–H groups in total. The standard InChI is InChI=1S/C16H24N2O/c1-4-17-15-8-5-11(2)9-14(15)16(19)18-10-12(3)13-6-7-13/h5,8-9,12-13,17H,4,6-7,10H2,1-3H3,(H,18,19). The summed E-state index contributed by atoms with van der Waals surface area (Å²) in [7, 11) is 0. The first-order valence-electron chi connectivity index (χ1n) is 7.24. The highest BCUT2D eigenvalue weighted by molar-refractivity contribution is 5.99. The van der Waals surface area contributed by atoms with Gasteiger partial charge in [0, 0.05) is 18.8 Å². The SMILES string of the molecule is CCNc1ccc(C)cc1C(=O)NCC(C)C1CC1. The lowest BCUT2D eigenvalue weighted by atomic mass is 10.1. The third-order valence-corrected chi connectivity index (χ3v) is 3.80. The number of anilines is 1. The summed E-state index contributed by atoms with van der Waals surface area (Å²) in [6, 6.07) is 5.97. The third kappa shape index (κ3) is 3.72. The molecule has 1 amide bonds. The van der Waals surface area contributed by atoms with E-state index in [1.54, 1.807) is 0 Å². The summed E-state index contributed by atoms with van der Waals surface area (Å²) in [5.74, 6) is 1.45. The topological polar surface area (TPSA) is 41.1 Å². The Hall–Kier alpha value is -1.51. The summed E-state index contributed by atoms with van der Waals surface area (Å²) >= 11 is 0. The second-order valence-electron chi connectivity index (χ2n) is 5.60. The van der Waals surface area contributed by atoms with E-state index in [1.165, 1.54) is 12.8 Å². The van der Waals surface area contributed by atoms with Crippen molar-refractivity contribution in [2.45, 2.75) is 33.6 Å². The molecule has 3 heteroatoms. The lowest BCUT2D eigenvalue weighted by Gasteiger charge is -2.14. The summed E-state index contributed by atoms with van der Waals surface area (Å²) < 4.78 is 0. The molecule has 1 unspecified atom stereocenters. The van der Waals surface area contributed by atoms with E-state index in [9.17, 15) is 4.79 Å². The second-order valence-corrected chi connectivity index (χ2v) is 5.60. The third-order valence-electron chi connectivity index (χ3n) is 3.80. The second kappa shape index (κ2) is 6.09. The number of hydrogen-bond acceptors (Lipinski definition) is 2. The van der Waals surface area contributed by atoms with Gasteiger partial charge in [-0.1, -0.05) is 18.6 Å². The van der Waals surface area contributed by atoms with Gasteiger partial charge in [0.2, 0.25) is 0 Å². The van der Waals surface area contributed by atoms with Crippen molar-refractivity contribution in [2.24, 2.45) is 11.8 Å². The van der Waals surface area contributed by atoms with Crippen molar-refractivity contribution in [2.75, 3.05) is 18.4 Å². The number of aryl methyl sites for hydroxylation is 1. The minimum Gasteiger partial charge on any atom is -0.385 e. The van der Waals surface area contributed by atoms with E-state index in [0.29, 0.717) is 5.92 Å². The smallest absolute Gasteiger partial charge is 0.253 e. The highest BCUT2D eigenvalue weighted by Crippen LogP contribution is 2.36. The number of amides is 1. The summed E-state index contributed by atoms with van der Waals surface area (Å²) in [5, 5.41) is 6.31. The summed E-state index contributed by atoms with van der Waals surface area (Å²) in [5.41, 5.74) is 2.79. The average Bonchev–Trinajstić information content (AvgIpc) is 3.22. The molecule has 1 aromatic rings. The Morgan fingerprint density at radius 2 is 2.16 bits per heavy atom. The van der Waals surface area contributed by atoms with Gasteiger partial charge in [-0.25, -0.2) is 0 Å². The Labute approximate surface area is 115 Å². The molecule has 1 fully saturated rings. The van der Waals surface area contributed by atoms with Crippen molar-refractivity contribution in [1.82, 2.24) is 5.32 Å².